The van der Waals surface area contributed by atoms with Gasteiger partial charge >= 0.3 is 5.97 Å². The Morgan fingerprint density at radius 2 is 1.51 bits per heavy atom. The number of nitrogens with one attached hydrogen (secondary N) is 4. The molecule has 2 aromatic rings. The number of aromatic amines is 1. The molecule has 0 bridgehead atoms. The molecule has 8 N–H and O–H groups in total. The molecular formula is C24H35N5O6. The number of amides is 3. The third-order valence-electron chi connectivity index (χ3n) is 5.74. The molecule has 0 saturated heterocycles. The van der Waals surface area contributed by atoms with Crippen LogP contribution in [0.2, 0.25) is 0 Å². The first-order valence-electron chi connectivity index (χ1n) is 11.5. The van der Waals surface area contributed by atoms with Gasteiger partial charge in [0, 0.05) is 17.1 Å². The second-order valence-electron chi connectivity index (χ2n) is 9.21. The number of aliphatic hydroxyl groups excluding tert-OH is 1. The summed E-state index contributed by atoms with van der Waals surface area (Å²) in [5, 5.41) is 27.2. The van der Waals surface area contributed by atoms with E-state index in [1.54, 1.807) is 33.9 Å². The lowest BCUT2D eigenvalue weighted by Gasteiger charge is -2.26. The summed E-state index contributed by atoms with van der Waals surface area (Å²) in [6.07, 6.45) is 2.03. The van der Waals surface area contributed by atoms with Crippen LogP contribution in [0.4, 0.5) is 0 Å². The Morgan fingerprint density at radius 1 is 0.914 bits per heavy atom. The van der Waals surface area contributed by atoms with E-state index in [1.165, 1.54) is 0 Å². The monoisotopic (exact) mass is 489 g/mol. The Kier molecular flexibility index (Phi) is 9.78. The van der Waals surface area contributed by atoms with Crippen LogP contribution in [-0.4, -0.2) is 69.7 Å². The van der Waals surface area contributed by atoms with E-state index in [1.807, 2.05) is 24.3 Å². The smallest absolute Gasteiger partial charge is 0.326 e. The van der Waals surface area contributed by atoms with E-state index >= 15 is 0 Å². The third-order valence-corrected chi connectivity index (χ3v) is 5.74. The maximum atomic E-state index is 12.9. The minimum atomic E-state index is -1.39. The van der Waals surface area contributed by atoms with Crippen LogP contribution in [0, 0.1) is 11.8 Å². The first-order valence-corrected chi connectivity index (χ1v) is 11.5. The highest BCUT2D eigenvalue weighted by Crippen LogP contribution is 2.19. The van der Waals surface area contributed by atoms with Gasteiger partial charge in [0.25, 0.3) is 0 Å². The molecule has 0 aliphatic carbocycles. The van der Waals surface area contributed by atoms with Crippen LogP contribution >= 0.6 is 0 Å². The number of nitrogens with two attached hydrogens (primary N) is 1. The number of aliphatic hydroxyl groups is 1. The van der Waals surface area contributed by atoms with Crippen molar-refractivity contribution in [3.05, 3.63) is 36.0 Å². The Balaban J connectivity index is 2.04. The summed E-state index contributed by atoms with van der Waals surface area (Å²) in [5.41, 5.74) is 7.90. The van der Waals surface area contributed by atoms with Crippen molar-refractivity contribution in [2.24, 2.45) is 17.6 Å². The number of H-pyrrole nitrogens is 1. The van der Waals surface area contributed by atoms with E-state index in [2.05, 4.69) is 20.9 Å². The van der Waals surface area contributed by atoms with Crippen LogP contribution in [0.3, 0.4) is 0 Å². The van der Waals surface area contributed by atoms with Gasteiger partial charge in [-0.05, 0) is 29.9 Å². The number of carboxylic acids is 1. The van der Waals surface area contributed by atoms with Crippen molar-refractivity contribution in [2.75, 3.05) is 6.61 Å². The number of hydrogen-bond acceptors (Lipinski definition) is 6. The zero-order valence-corrected chi connectivity index (χ0v) is 20.4. The maximum absolute atomic E-state index is 12.9. The van der Waals surface area contributed by atoms with Crippen molar-refractivity contribution < 1.29 is 29.4 Å². The number of aliphatic carboxylic acids is 1. The average molecular weight is 490 g/mol. The SMILES string of the molecule is CC(C)C(NC(=O)C(CO)NC(=O)C(NC(=O)C(N)Cc1c[nH]c2ccccc12)C(C)C)C(=O)O. The lowest BCUT2D eigenvalue weighted by molar-refractivity contribution is -0.144. The molecule has 0 spiro atoms. The second kappa shape index (κ2) is 12.3. The molecule has 192 valence electrons. The van der Waals surface area contributed by atoms with Crippen molar-refractivity contribution in [1.82, 2.24) is 20.9 Å². The van der Waals surface area contributed by atoms with Crippen molar-refractivity contribution in [1.29, 1.82) is 0 Å². The van der Waals surface area contributed by atoms with Crippen molar-refractivity contribution >= 4 is 34.6 Å². The van der Waals surface area contributed by atoms with Gasteiger partial charge in [-0.1, -0.05) is 45.9 Å². The van der Waals surface area contributed by atoms with E-state index in [9.17, 15) is 29.4 Å². The number of hydrogen-bond donors (Lipinski definition) is 7. The Labute approximate surface area is 203 Å². The Morgan fingerprint density at radius 3 is 2.09 bits per heavy atom. The number of carboxylic acid groups (broad SMARTS) is 1. The third kappa shape index (κ3) is 7.27. The highest BCUT2D eigenvalue weighted by atomic mass is 16.4. The van der Waals surface area contributed by atoms with Gasteiger partial charge in [-0.15, -0.1) is 0 Å². The fourth-order valence-electron chi connectivity index (χ4n) is 3.65. The van der Waals surface area contributed by atoms with Gasteiger partial charge in [-0.25, -0.2) is 4.79 Å². The molecule has 1 aromatic heterocycles. The molecule has 0 aliphatic heterocycles. The predicted molar refractivity (Wildman–Crippen MR) is 130 cm³/mol. The molecule has 0 radical (unpaired) electrons. The van der Waals surface area contributed by atoms with Gasteiger partial charge in [0.05, 0.1) is 12.6 Å². The molecule has 0 fully saturated rings. The van der Waals surface area contributed by atoms with Crippen molar-refractivity contribution in [3.63, 3.8) is 0 Å². The summed E-state index contributed by atoms with van der Waals surface area (Å²) in [5.74, 6) is -4.07. The van der Waals surface area contributed by atoms with Crippen molar-refractivity contribution in [2.45, 2.75) is 58.3 Å². The standard InChI is InChI=1S/C24H35N5O6/c1-12(2)19(23(33)27-18(11-30)22(32)29-20(13(3)4)24(34)35)28-21(31)16(25)9-14-10-26-17-8-6-5-7-15(14)17/h5-8,10,12-13,16,18-20,26,30H,9,11,25H2,1-4H3,(H,27,33)(H,28,31)(H,29,32)(H,34,35). The topological polar surface area (TPSA) is 187 Å². The zero-order chi connectivity index (χ0) is 26.3. The zero-order valence-electron chi connectivity index (χ0n) is 20.4. The lowest BCUT2D eigenvalue weighted by atomic mass is 10.0. The van der Waals surface area contributed by atoms with Crippen LogP contribution in [0.25, 0.3) is 10.9 Å². The molecule has 2 rings (SSSR count). The lowest BCUT2D eigenvalue weighted by Crippen LogP contribution is -2.59. The van der Waals surface area contributed by atoms with E-state index < -0.39 is 60.4 Å². The van der Waals surface area contributed by atoms with Crippen LogP contribution in [0.1, 0.15) is 33.3 Å². The van der Waals surface area contributed by atoms with Gasteiger partial charge < -0.3 is 36.9 Å². The summed E-state index contributed by atoms with van der Waals surface area (Å²) in [6, 6.07) is 3.09. The molecule has 11 nitrogen and oxygen atoms in total. The summed E-state index contributed by atoms with van der Waals surface area (Å²) >= 11 is 0. The minimum absolute atomic E-state index is 0.246. The minimum Gasteiger partial charge on any atom is -0.480 e. The Hall–Kier alpha value is -3.44. The van der Waals surface area contributed by atoms with E-state index in [0.29, 0.717) is 0 Å². The largest absolute Gasteiger partial charge is 0.480 e. The number of carbonyl (C=O) groups excluding carboxylic acids is 3. The van der Waals surface area contributed by atoms with E-state index in [4.69, 9.17) is 5.73 Å². The number of para-hydroxylation sites is 1. The normalized spacial score (nSPS) is 14.9. The number of aromatic nitrogens is 1. The highest BCUT2D eigenvalue weighted by Gasteiger charge is 2.32. The molecule has 3 amide bonds. The summed E-state index contributed by atoms with van der Waals surface area (Å²) in [4.78, 5) is 52.6. The second-order valence-corrected chi connectivity index (χ2v) is 9.21. The van der Waals surface area contributed by atoms with E-state index in [0.717, 1.165) is 16.5 Å². The molecule has 11 heteroatoms. The van der Waals surface area contributed by atoms with Gasteiger partial charge in [-0.2, -0.15) is 0 Å². The number of rotatable bonds is 12. The maximum Gasteiger partial charge on any atom is 0.326 e. The molecule has 1 aromatic carbocycles. The first kappa shape index (κ1) is 27.8. The summed E-state index contributed by atoms with van der Waals surface area (Å²) in [6.45, 7) is 5.91. The fraction of sp³-hybridized carbons (Fsp3) is 0.500. The van der Waals surface area contributed by atoms with Crippen molar-refractivity contribution in [3.8, 4) is 0 Å². The summed E-state index contributed by atoms with van der Waals surface area (Å²) < 4.78 is 0. The van der Waals surface area contributed by atoms with Crippen LogP contribution < -0.4 is 21.7 Å². The van der Waals surface area contributed by atoms with Crippen LogP contribution in [0.15, 0.2) is 30.5 Å². The van der Waals surface area contributed by atoms with Gasteiger partial charge in [-0.3, -0.25) is 14.4 Å². The van der Waals surface area contributed by atoms with Crippen LogP contribution in [0.5, 0.6) is 0 Å². The molecule has 1 heterocycles. The first-order chi connectivity index (χ1) is 16.5. The van der Waals surface area contributed by atoms with E-state index in [-0.39, 0.29) is 12.3 Å². The van der Waals surface area contributed by atoms with Gasteiger partial charge in [0.1, 0.15) is 18.1 Å². The predicted octanol–water partition coefficient (Wildman–Crippen LogP) is -0.119. The van der Waals surface area contributed by atoms with Gasteiger partial charge in [0.2, 0.25) is 17.7 Å². The Bertz CT molecular complexity index is 1050. The molecule has 35 heavy (non-hydrogen) atoms. The molecule has 0 saturated carbocycles. The average Bonchev–Trinajstić information content (AvgIpc) is 3.20. The molecule has 4 unspecified atom stereocenters. The number of benzene rings is 1. The van der Waals surface area contributed by atoms with Crippen LogP contribution in [-0.2, 0) is 25.6 Å². The summed E-state index contributed by atoms with van der Waals surface area (Å²) in [7, 11) is 0. The molecule has 4 atom stereocenters. The highest BCUT2D eigenvalue weighted by molar-refractivity contribution is 5.94. The molecular weight excluding hydrogens is 454 g/mol. The quantitative estimate of drug-likeness (QED) is 0.216. The number of carbonyl (C=O) groups is 4. The number of fused-ring (bicyclic) bond motifs is 1. The molecule has 0 aliphatic rings. The fourth-order valence-corrected chi connectivity index (χ4v) is 3.65. The van der Waals surface area contributed by atoms with Gasteiger partial charge in [0.15, 0.2) is 0 Å².